The zero-order chi connectivity index (χ0) is 8.55. The highest BCUT2D eigenvalue weighted by Crippen LogP contribution is 2.36. The van der Waals surface area contributed by atoms with Crippen LogP contribution in [0.5, 0.6) is 11.5 Å². The van der Waals surface area contributed by atoms with Crippen molar-refractivity contribution in [2.24, 2.45) is 0 Å². The SMILES string of the molecule is [CH2]c1cc(CO)c2c(c1)OCO2. The summed E-state index contributed by atoms with van der Waals surface area (Å²) in [4.78, 5) is 0. The van der Waals surface area contributed by atoms with Crippen LogP contribution >= 0.6 is 0 Å². The Morgan fingerprint density at radius 2 is 2.25 bits per heavy atom. The van der Waals surface area contributed by atoms with Crippen molar-refractivity contribution in [3.63, 3.8) is 0 Å². The van der Waals surface area contributed by atoms with Crippen LogP contribution in [0.3, 0.4) is 0 Å². The largest absolute Gasteiger partial charge is 0.454 e. The minimum absolute atomic E-state index is 0.0466. The van der Waals surface area contributed by atoms with E-state index < -0.39 is 0 Å². The lowest BCUT2D eigenvalue weighted by Crippen LogP contribution is -1.94. The maximum absolute atomic E-state index is 8.96. The molecule has 1 aliphatic rings. The highest BCUT2D eigenvalue weighted by Gasteiger charge is 2.17. The summed E-state index contributed by atoms with van der Waals surface area (Å²) in [7, 11) is 0. The normalized spacial score (nSPS) is 13.5. The summed E-state index contributed by atoms with van der Waals surface area (Å²) < 4.78 is 10.3. The van der Waals surface area contributed by atoms with Crippen LogP contribution in [-0.4, -0.2) is 11.9 Å². The topological polar surface area (TPSA) is 38.7 Å². The van der Waals surface area contributed by atoms with Crippen LogP contribution in [0.2, 0.25) is 0 Å². The molecular weight excluding hydrogens is 156 g/mol. The minimum Gasteiger partial charge on any atom is -0.454 e. The van der Waals surface area contributed by atoms with E-state index in [1.807, 2.05) is 0 Å². The van der Waals surface area contributed by atoms with Gasteiger partial charge in [0.15, 0.2) is 11.5 Å². The first-order valence-corrected chi connectivity index (χ1v) is 3.66. The van der Waals surface area contributed by atoms with Gasteiger partial charge in [0.05, 0.1) is 6.61 Å². The fourth-order valence-electron chi connectivity index (χ4n) is 1.26. The van der Waals surface area contributed by atoms with Gasteiger partial charge in [-0.05, 0) is 24.6 Å². The molecule has 0 unspecified atom stereocenters. The number of aliphatic hydroxyl groups excluding tert-OH is 1. The second kappa shape index (κ2) is 2.68. The molecule has 0 spiro atoms. The molecule has 0 saturated carbocycles. The lowest BCUT2D eigenvalue weighted by atomic mass is 10.1. The van der Waals surface area contributed by atoms with Crippen LogP contribution in [0.1, 0.15) is 11.1 Å². The van der Waals surface area contributed by atoms with E-state index in [0.717, 1.165) is 11.1 Å². The number of hydrogen-bond donors (Lipinski definition) is 1. The van der Waals surface area contributed by atoms with Crippen molar-refractivity contribution in [1.82, 2.24) is 0 Å². The van der Waals surface area contributed by atoms with E-state index in [2.05, 4.69) is 6.92 Å². The number of benzene rings is 1. The highest BCUT2D eigenvalue weighted by atomic mass is 16.7. The third-order valence-electron chi connectivity index (χ3n) is 1.78. The van der Waals surface area contributed by atoms with Gasteiger partial charge in [0.25, 0.3) is 0 Å². The molecular formula is C9H9O3. The maximum Gasteiger partial charge on any atom is 0.231 e. The number of ether oxygens (including phenoxy) is 2. The molecule has 0 fully saturated rings. The van der Waals surface area contributed by atoms with Crippen molar-refractivity contribution in [3.8, 4) is 11.5 Å². The monoisotopic (exact) mass is 165 g/mol. The van der Waals surface area contributed by atoms with Gasteiger partial charge in [-0.3, -0.25) is 0 Å². The average molecular weight is 165 g/mol. The van der Waals surface area contributed by atoms with Crippen LogP contribution in [0.4, 0.5) is 0 Å². The van der Waals surface area contributed by atoms with E-state index in [4.69, 9.17) is 14.6 Å². The molecule has 1 heterocycles. The Morgan fingerprint density at radius 3 is 3.00 bits per heavy atom. The fraction of sp³-hybridized carbons (Fsp3) is 0.222. The summed E-state index contributed by atoms with van der Waals surface area (Å²) in [6.45, 7) is 3.94. The van der Waals surface area contributed by atoms with Gasteiger partial charge in [-0.2, -0.15) is 0 Å². The third kappa shape index (κ3) is 1.02. The summed E-state index contributed by atoms with van der Waals surface area (Å²) in [6, 6.07) is 3.58. The average Bonchev–Trinajstić information content (AvgIpc) is 2.50. The molecule has 3 nitrogen and oxygen atoms in total. The Kier molecular flexibility index (Phi) is 1.66. The smallest absolute Gasteiger partial charge is 0.231 e. The zero-order valence-electron chi connectivity index (χ0n) is 6.54. The molecule has 1 aliphatic heterocycles. The van der Waals surface area contributed by atoms with Gasteiger partial charge in [0, 0.05) is 5.56 Å². The Balaban J connectivity index is 2.55. The summed E-state index contributed by atoms with van der Waals surface area (Å²) in [6.07, 6.45) is 0. The first kappa shape index (κ1) is 7.43. The highest BCUT2D eigenvalue weighted by molar-refractivity contribution is 5.51. The van der Waals surface area contributed by atoms with Crippen molar-refractivity contribution < 1.29 is 14.6 Å². The molecule has 1 aromatic carbocycles. The minimum atomic E-state index is -0.0466. The second-order valence-corrected chi connectivity index (χ2v) is 2.65. The molecule has 0 amide bonds. The van der Waals surface area contributed by atoms with E-state index in [0.29, 0.717) is 11.5 Å². The summed E-state index contributed by atoms with van der Waals surface area (Å²) in [5, 5.41) is 8.96. The molecule has 1 aromatic rings. The van der Waals surface area contributed by atoms with Crippen LogP contribution in [0.25, 0.3) is 0 Å². The zero-order valence-corrected chi connectivity index (χ0v) is 6.54. The van der Waals surface area contributed by atoms with Gasteiger partial charge in [-0.25, -0.2) is 0 Å². The summed E-state index contributed by atoms with van der Waals surface area (Å²) in [5.74, 6) is 1.32. The van der Waals surface area contributed by atoms with Gasteiger partial charge < -0.3 is 14.6 Å². The molecule has 0 aliphatic carbocycles. The molecule has 0 atom stereocenters. The quantitative estimate of drug-likeness (QED) is 0.677. The van der Waals surface area contributed by atoms with Crippen LogP contribution in [0, 0.1) is 6.92 Å². The molecule has 1 radical (unpaired) electrons. The van der Waals surface area contributed by atoms with Crippen LogP contribution in [0.15, 0.2) is 12.1 Å². The molecule has 3 heteroatoms. The van der Waals surface area contributed by atoms with Crippen molar-refractivity contribution in [2.45, 2.75) is 6.61 Å². The first-order valence-electron chi connectivity index (χ1n) is 3.66. The van der Waals surface area contributed by atoms with Gasteiger partial charge in [0.2, 0.25) is 6.79 Å². The number of hydrogen-bond acceptors (Lipinski definition) is 3. The van der Waals surface area contributed by atoms with Crippen molar-refractivity contribution >= 4 is 0 Å². The van der Waals surface area contributed by atoms with Crippen LogP contribution in [-0.2, 0) is 6.61 Å². The van der Waals surface area contributed by atoms with E-state index in [1.54, 1.807) is 12.1 Å². The Bertz CT molecular complexity index is 307. The van der Waals surface area contributed by atoms with Gasteiger partial charge >= 0.3 is 0 Å². The summed E-state index contributed by atoms with van der Waals surface area (Å²) >= 11 is 0. The first-order chi connectivity index (χ1) is 5.81. The molecule has 2 rings (SSSR count). The molecule has 0 bridgehead atoms. The Morgan fingerprint density at radius 1 is 1.42 bits per heavy atom. The second-order valence-electron chi connectivity index (χ2n) is 2.65. The molecule has 12 heavy (non-hydrogen) atoms. The van der Waals surface area contributed by atoms with Gasteiger partial charge in [-0.1, -0.05) is 0 Å². The predicted octanol–water partition coefficient (Wildman–Crippen LogP) is 1.09. The maximum atomic E-state index is 8.96. The molecule has 63 valence electrons. The molecule has 0 aromatic heterocycles. The van der Waals surface area contributed by atoms with E-state index in [-0.39, 0.29) is 13.4 Å². The molecule has 0 saturated heterocycles. The Labute approximate surface area is 70.5 Å². The number of fused-ring (bicyclic) bond motifs is 1. The lowest BCUT2D eigenvalue weighted by molar-refractivity contribution is 0.171. The summed E-state index contributed by atoms with van der Waals surface area (Å²) in [5.41, 5.74) is 1.55. The van der Waals surface area contributed by atoms with E-state index in [9.17, 15) is 0 Å². The third-order valence-corrected chi connectivity index (χ3v) is 1.78. The van der Waals surface area contributed by atoms with E-state index >= 15 is 0 Å². The predicted molar refractivity (Wildman–Crippen MR) is 42.9 cm³/mol. The van der Waals surface area contributed by atoms with Crippen molar-refractivity contribution in [2.75, 3.05) is 6.79 Å². The van der Waals surface area contributed by atoms with Crippen molar-refractivity contribution in [1.29, 1.82) is 0 Å². The van der Waals surface area contributed by atoms with Gasteiger partial charge in [0.1, 0.15) is 0 Å². The lowest BCUT2D eigenvalue weighted by Gasteiger charge is -2.03. The number of rotatable bonds is 1. The molecule has 1 N–H and O–H groups in total. The van der Waals surface area contributed by atoms with Crippen LogP contribution < -0.4 is 9.47 Å². The fourth-order valence-corrected chi connectivity index (χ4v) is 1.26. The Hall–Kier alpha value is -1.22. The number of aliphatic hydroxyl groups is 1. The van der Waals surface area contributed by atoms with E-state index in [1.165, 1.54) is 0 Å². The van der Waals surface area contributed by atoms with Crippen molar-refractivity contribution in [3.05, 3.63) is 30.2 Å². The standard InChI is InChI=1S/C9H9O3/c1-6-2-7(4-10)9-8(3-6)11-5-12-9/h2-3,10H,1,4-5H2. The van der Waals surface area contributed by atoms with Gasteiger partial charge in [-0.15, -0.1) is 0 Å².